The number of carbonyl (C=O) groups is 1. The highest BCUT2D eigenvalue weighted by Crippen LogP contribution is 2.21. The van der Waals surface area contributed by atoms with Gasteiger partial charge in [0.1, 0.15) is 5.82 Å². The molecule has 2 aromatic carbocycles. The largest absolute Gasteiger partial charge is 0.306 e. The van der Waals surface area contributed by atoms with Gasteiger partial charge in [-0.2, -0.15) is 0 Å². The molecule has 26 heavy (non-hydrogen) atoms. The minimum Gasteiger partial charge on any atom is -0.306 e. The average molecular weight is 404 g/mol. The van der Waals surface area contributed by atoms with Gasteiger partial charge in [-0.3, -0.25) is 4.79 Å². The molecule has 126 valence electrons. The van der Waals surface area contributed by atoms with E-state index in [1.807, 2.05) is 60.7 Å². The third-order valence-electron chi connectivity index (χ3n) is 3.95. The highest BCUT2D eigenvalue weighted by Gasteiger charge is 2.09. The van der Waals surface area contributed by atoms with Crippen molar-refractivity contribution in [2.24, 2.45) is 0 Å². The first kappa shape index (κ1) is 16.4. The van der Waals surface area contributed by atoms with Crippen LogP contribution in [0.2, 0.25) is 0 Å². The first-order valence-corrected chi connectivity index (χ1v) is 8.88. The Morgan fingerprint density at radius 1 is 0.846 bits per heavy atom. The minimum absolute atomic E-state index is 0.211. The number of anilines is 1. The van der Waals surface area contributed by atoms with Crippen LogP contribution >= 0.6 is 15.9 Å². The normalized spacial score (nSPS) is 10.7. The van der Waals surface area contributed by atoms with Gasteiger partial charge in [0.25, 0.3) is 5.91 Å². The molecule has 0 bridgehead atoms. The van der Waals surface area contributed by atoms with Gasteiger partial charge < -0.3 is 5.32 Å². The van der Waals surface area contributed by atoms with Crippen molar-refractivity contribution < 1.29 is 4.79 Å². The fourth-order valence-corrected chi connectivity index (χ4v) is 3.06. The van der Waals surface area contributed by atoms with Crippen LogP contribution in [0.1, 0.15) is 10.4 Å². The molecule has 1 N–H and O–H groups in total. The van der Waals surface area contributed by atoms with Crippen molar-refractivity contribution in [3.05, 3.63) is 88.9 Å². The Morgan fingerprint density at radius 3 is 2.46 bits per heavy atom. The third kappa shape index (κ3) is 3.48. The van der Waals surface area contributed by atoms with E-state index in [2.05, 4.69) is 31.2 Å². The summed E-state index contributed by atoms with van der Waals surface area (Å²) in [6.07, 6.45) is 0. The van der Waals surface area contributed by atoms with E-state index < -0.39 is 0 Å². The summed E-state index contributed by atoms with van der Waals surface area (Å²) in [7, 11) is 0. The van der Waals surface area contributed by atoms with Gasteiger partial charge in [0, 0.05) is 21.0 Å². The Kier molecular flexibility index (Phi) is 4.46. The number of hydrogen-bond donors (Lipinski definition) is 1. The summed E-state index contributed by atoms with van der Waals surface area (Å²) in [5.74, 6) is 0.262. The van der Waals surface area contributed by atoms with Crippen molar-refractivity contribution in [1.82, 2.24) is 9.97 Å². The van der Waals surface area contributed by atoms with Crippen LogP contribution < -0.4 is 5.32 Å². The Hall–Kier alpha value is -3.05. The van der Waals surface area contributed by atoms with Crippen LogP contribution in [0.4, 0.5) is 5.82 Å². The zero-order valence-corrected chi connectivity index (χ0v) is 15.3. The molecule has 1 amide bonds. The molecule has 0 atom stereocenters. The number of fused-ring (bicyclic) bond motifs is 1. The fraction of sp³-hybridized carbons (Fsp3) is 0. The minimum atomic E-state index is -0.211. The molecule has 0 saturated carbocycles. The van der Waals surface area contributed by atoms with Crippen LogP contribution in [-0.4, -0.2) is 15.9 Å². The fourth-order valence-electron chi connectivity index (χ4n) is 2.66. The van der Waals surface area contributed by atoms with Gasteiger partial charge in [-0.15, -0.1) is 0 Å². The Morgan fingerprint density at radius 2 is 1.65 bits per heavy atom. The summed E-state index contributed by atoms with van der Waals surface area (Å²) in [6, 6.07) is 24.8. The van der Waals surface area contributed by atoms with Crippen molar-refractivity contribution >= 4 is 38.7 Å². The monoisotopic (exact) mass is 403 g/mol. The van der Waals surface area contributed by atoms with Gasteiger partial charge >= 0.3 is 0 Å². The van der Waals surface area contributed by atoms with E-state index in [1.54, 1.807) is 18.2 Å². The molecule has 0 fully saturated rings. The number of amides is 1. The lowest BCUT2D eigenvalue weighted by Gasteiger charge is -2.07. The van der Waals surface area contributed by atoms with Crippen LogP contribution in [0.5, 0.6) is 0 Å². The van der Waals surface area contributed by atoms with E-state index in [-0.39, 0.29) is 5.91 Å². The highest BCUT2D eigenvalue weighted by molar-refractivity contribution is 9.10. The molecule has 4 rings (SSSR count). The van der Waals surface area contributed by atoms with E-state index in [0.717, 1.165) is 21.1 Å². The van der Waals surface area contributed by atoms with Crippen molar-refractivity contribution in [1.29, 1.82) is 0 Å². The van der Waals surface area contributed by atoms with E-state index >= 15 is 0 Å². The number of nitrogens with zero attached hydrogens (tertiary/aromatic N) is 2. The molecule has 4 nitrogen and oxygen atoms in total. The van der Waals surface area contributed by atoms with Gasteiger partial charge in [0.2, 0.25) is 0 Å². The second-order valence-electron chi connectivity index (χ2n) is 5.77. The molecule has 0 spiro atoms. The molecule has 0 aliphatic heterocycles. The van der Waals surface area contributed by atoms with E-state index in [0.29, 0.717) is 17.0 Å². The summed E-state index contributed by atoms with van der Waals surface area (Å²) < 4.78 is 0.853. The molecule has 0 aliphatic carbocycles. The molecule has 0 radical (unpaired) electrons. The molecule has 5 heteroatoms. The second kappa shape index (κ2) is 7.06. The van der Waals surface area contributed by atoms with Gasteiger partial charge in [-0.1, -0.05) is 52.3 Å². The number of hydrogen-bond acceptors (Lipinski definition) is 3. The molecule has 4 aromatic rings. The maximum absolute atomic E-state index is 12.4. The topological polar surface area (TPSA) is 54.9 Å². The summed E-state index contributed by atoms with van der Waals surface area (Å²) in [5, 5.41) is 3.75. The quantitative estimate of drug-likeness (QED) is 0.504. The lowest BCUT2D eigenvalue weighted by Crippen LogP contribution is -2.13. The molecule has 0 unspecified atom stereocenters. The number of nitrogens with one attached hydrogen (secondary N) is 1. The van der Waals surface area contributed by atoms with Crippen molar-refractivity contribution in [2.45, 2.75) is 0 Å². The number of rotatable bonds is 3. The Balaban J connectivity index is 1.65. The van der Waals surface area contributed by atoms with Crippen molar-refractivity contribution in [3.8, 4) is 11.3 Å². The first-order chi connectivity index (χ1) is 12.7. The lowest BCUT2D eigenvalue weighted by molar-refractivity contribution is 0.102. The van der Waals surface area contributed by atoms with Gasteiger partial charge in [0.05, 0.1) is 5.69 Å². The molecular formula is C21H14BrN3O. The Bertz CT molecular complexity index is 1100. The summed E-state index contributed by atoms with van der Waals surface area (Å²) in [6.45, 7) is 0. The Labute approximate surface area is 159 Å². The van der Waals surface area contributed by atoms with Gasteiger partial charge in [-0.05, 0) is 42.5 Å². The number of pyridine rings is 2. The van der Waals surface area contributed by atoms with Crippen LogP contribution in [-0.2, 0) is 0 Å². The summed E-state index contributed by atoms with van der Waals surface area (Å²) in [5.41, 5.74) is 3.03. The van der Waals surface area contributed by atoms with Gasteiger partial charge in [-0.25, -0.2) is 9.97 Å². The van der Waals surface area contributed by atoms with E-state index in [9.17, 15) is 4.79 Å². The van der Waals surface area contributed by atoms with Crippen LogP contribution in [0, 0.1) is 0 Å². The van der Waals surface area contributed by atoms with Crippen LogP contribution in [0.3, 0.4) is 0 Å². The number of halogens is 1. The standard InChI is InChI=1S/C21H14BrN3O/c22-17-8-4-7-16(13-17)21(26)25-19-12-10-15-9-11-18(23-20(15)24-19)14-5-2-1-3-6-14/h1-13H,(H,23,24,25,26). The SMILES string of the molecule is O=C(Nc1ccc2ccc(-c3ccccc3)nc2n1)c1cccc(Br)c1. The van der Waals surface area contributed by atoms with Crippen molar-refractivity contribution in [2.75, 3.05) is 5.32 Å². The maximum Gasteiger partial charge on any atom is 0.256 e. The zero-order chi connectivity index (χ0) is 17.9. The summed E-state index contributed by atoms with van der Waals surface area (Å²) >= 11 is 3.37. The predicted octanol–water partition coefficient (Wildman–Crippen LogP) is 5.31. The van der Waals surface area contributed by atoms with E-state index in [1.165, 1.54) is 0 Å². The molecular weight excluding hydrogens is 390 g/mol. The molecule has 2 heterocycles. The maximum atomic E-state index is 12.4. The number of aromatic nitrogens is 2. The predicted molar refractivity (Wildman–Crippen MR) is 107 cm³/mol. The average Bonchev–Trinajstić information content (AvgIpc) is 2.68. The molecule has 0 saturated heterocycles. The van der Waals surface area contributed by atoms with Crippen molar-refractivity contribution in [3.63, 3.8) is 0 Å². The highest BCUT2D eigenvalue weighted by atomic mass is 79.9. The summed E-state index contributed by atoms with van der Waals surface area (Å²) in [4.78, 5) is 21.5. The number of carbonyl (C=O) groups excluding carboxylic acids is 1. The second-order valence-corrected chi connectivity index (χ2v) is 6.69. The molecule has 0 aliphatic rings. The first-order valence-electron chi connectivity index (χ1n) is 8.09. The van der Waals surface area contributed by atoms with Crippen LogP contribution in [0.25, 0.3) is 22.3 Å². The third-order valence-corrected chi connectivity index (χ3v) is 4.44. The van der Waals surface area contributed by atoms with Gasteiger partial charge in [0.15, 0.2) is 5.65 Å². The van der Waals surface area contributed by atoms with Crippen LogP contribution in [0.15, 0.2) is 83.3 Å². The number of benzene rings is 2. The van der Waals surface area contributed by atoms with E-state index in [4.69, 9.17) is 0 Å². The zero-order valence-electron chi connectivity index (χ0n) is 13.7. The molecule has 2 aromatic heterocycles. The lowest BCUT2D eigenvalue weighted by atomic mass is 10.1. The smallest absolute Gasteiger partial charge is 0.256 e.